The Labute approximate surface area is 210 Å². The lowest BCUT2D eigenvalue weighted by Gasteiger charge is -2.20. The number of methoxy groups -OCH3 is 1. The molecule has 9 heteroatoms. The first-order valence-corrected chi connectivity index (χ1v) is 12.1. The maximum atomic E-state index is 13.2. The van der Waals surface area contributed by atoms with E-state index in [1.54, 1.807) is 51.9 Å². The van der Waals surface area contributed by atoms with E-state index in [2.05, 4.69) is 10.4 Å². The van der Waals surface area contributed by atoms with Crippen LogP contribution in [0.3, 0.4) is 0 Å². The number of amides is 3. The number of nitrogens with zero attached hydrogens (tertiary/aromatic N) is 4. The maximum Gasteiger partial charge on any atom is 0.274 e. The summed E-state index contributed by atoms with van der Waals surface area (Å²) in [5, 5.41) is 7.27. The number of carbonyl (C=O) groups excluding carboxylic acids is 3. The van der Waals surface area contributed by atoms with Gasteiger partial charge in [0.1, 0.15) is 11.4 Å². The molecule has 0 atom stereocenters. The second-order valence-electron chi connectivity index (χ2n) is 8.62. The molecule has 0 radical (unpaired) electrons. The van der Waals surface area contributed by atoms with Crippen LogP contribution < -0.4 is 10.1 Å². The van der Waals surface area contributed by atoms with Gasteiger partial charge in [-0.05, 0) is 43.2 Å². The van der Waals surface area contributed by atoms with Crippen molar-refractivity contribution in [3.8, 4) is 5.75 Å². The number of aromatic nitrogens is 2. The van der Waals surface area contributed by atoms with Crippen molar-refractivity contribution in [2.45, 2.75) is 32.9 Å². The zero-order valence-electron chi connectivity index (χ0n) is 20.6. The van der Waals surface area contributed by atoms with Crippen molar-refractivity contribution in [3.05, 3.63) is 77.6 Å². The average Bonchev–Trinajstić information content (AvgIpc) is 3.27. The third-order valence-corrected chi connectivity index (χ3v) is 6.17. The number of hydrogen-bond donors (Lipinski definition) is 1. The fourth-order valence-electron chi connectivity index (χ4n) is 4.19. The molecular weight excluding hydrogens is 458 g/mol. The van der Waals surface area contributed by atoms with Gasteiger partial charge in [0.05, 0.1) is 7.11 Å². The molecule has 1 aliphatic heterocycles. The zero-order chi connectivity index (χ0) is 25.5. The van der Waals surface area contributed by atoms with Gasteiger partial charge in [0, 0.05) is 50.9 Å². The van der Waals surface area contributed by atoms with E-state index in [9.17, 15) is 14.4 Å². The first-order chi connectivity index (χ1) is 17.5. The monoisotopic (exact) mass is 489 g/mol. The van der Waals surface area contributed by atoms with Crippen molar-refractivity contribution in [2.75, 3.05) is 32.1 Å². The van der Waals surface area contributed by atoms with Gasteiger partial charge in [0.25, 0.3) is 11.8 Å². The summed E-state index contributed by atoms with van der Waals surface area (Å²) in [5.41, 5.74) is 2.35. The number of hydrogen-bond acceptors (Lipinski definition) is 5. The van der Waals surface area contributed by atoms with Crippen LogP contribution in [0.2, 0.25) is 0 Å². The second-order valence-corrected chi connectivity index (χ2v) is 8.62. The van der Waals surface area contributed by atoms with Crippen LogP contribution in [0, 0.1) is 0 Å². The van der Waals surface area contributed by atoms with E-state index in [0.717, 1.165) is 12.0 Å². The van der Waals surface area contributed by atoms with Gasteiger partial charge in [-0.3, -0.25) is 19.1 Å². The van der Waals surface area contributed by atoms with Gasteiger partial charge in [0.2, 0.25) is 5.91 Å². The van der Waals surface area contributed by atoms with Crippen LogP contribution in [0.4, 0.5) is 5.69 Å². The third kappa shape index (κ3) is 5.91. The molecule has 2 aromatic carbocycles. The highest BCUT2D eigenvalue weighted by Crippen LogP contribution is 2.18. The van der Waals surface area contributed by atoms with Gasteiger partial charge in [-0.1, -0.05) is 30.3 Å². The molecule has 0 saturated carbocycles. The summed E-state index contributed by atoms with van der Waals surface area (Å²) in [6.07, 6.45) is 0.896. The smallest absolute Gasteiger partial charge is 0.274 e. The van der Waals surface area contributed by atoms with Crippen LogP contribution >= 0.6 is 0 Å². The Hall–Kier alpha value is -4.14. The van der Waals surface area contributed by atoms with Crippen LogP contribution in [0.1, 0.15) is 46.3 Å². The van der Waals surface area contributed by atoms with Crippen LogP contribution in [0.5, 0.6) is 5.75 Å². The number of benzene rings is 2. The summed E-state index contributed by atoms with van der Waals surface area (Å²) in [5.74, 6) is 0.0808. The van der Waals surface area contributed by atoms with Gasteiger partial charge in [-0.2, -0.15) is 5.10 Å². The highest BCUT2D eigenvalue weighted by atomic mass is 16.5. The Morgan fingerprint density at radius 2 is 1.83 bits per heavy atom. The number of nitrogens with one attached hydrogen (secondary N) is 1. The summed E-state index contributed by atoms with van der Waals surface area (Å²) < 4.78 is 6.75. The molecule has 0 bridgehead atoms. The lowest BCUT2D eigenvalue weighted by atomic mass is 10.2. The Morgan fingerprint density at radius 1 is 1.08 bits per heavy atom. The normalized spacial score (nSPS) is 13.1. The number of carbonyl (C=O) groups is 3. The summed E-state index contributed by atoms with van der Waals surface area (Å²) in [6, 6.07) is 18.5. The van der Waals surface area contributed by atoms with Crippen molar-refractivity contribution in [3.63, 3.8) is 0 Å². The Bertz CT molecular complexity index is 1210. The van der Waals surface area contributed by atoms with Gasteiger partial charge >= 0.3 is 0 Å². The molecule has 3 aromatic rings. The molecular formula is C27H31N5O4. The Balaban J connectivity index is 1.39. The number of rotatable bonds is 9. The molecule has 3 amide bonds. The predicted octanol–water partition coefficient (Wildman–Crippen LogP) is 3.43. The molecule has 0 unspecified atom stereocenters. The van der Waals surface area contributed by atoms with Crippen LogP contribution in [-0.2, 0) is 17.9 Å². The second kappa shape index (κ2) is 11.5. The van der Waals surface area contributed by atoms with Crippen molar-refractivity contribution in [1.82, 2.24) is 19.6 Å². The first kappa shape index (κ1) is 25.0. The Kier molecular flexibility index (Phi) is 7.99. The maximum absolute atomic E-state index is 13.2. The summed E-state index contributed by atoms with van der Waals surface area (Å²) >= 11 is 0. The fraction of sp³-hybridized carbons (Fsp3) is 0.333. The highest BCUT2D eigenvalue weighted by Gasteiger charge is 2.27. The Morgan fingerprint density at radius 3 is 2.53 bits per heavy atom. The van der Waals surface area contributed by atoms with E-state index in [1.807, 2.05) is 37.3 Å². The zero-order valence-corrected chi connectivity index (χ0v) is 20.6. The van der Waals surface area contributed by atoms with Crippen LogP contribution in [-0.4, -0.2) is 64.0 Å². The molecule has 0 saturated heterocycles. The van der Waals surface area contributed by atoms with Crippen molar-refractivity contribution < 1.29 is 19.1 Å². The quantitative estimate of drug-likeness (QED) is 0.497. The topological polar surface area (TPSA) is 96.8 Å². The van der Waals surface area contributed by atoms with E-state index in [-0.39, 0.29) is 36.4 Å². The van der Waals surface area contributed by atoms with E-state index < -0.39 is 0 Å². The van der Waals surface area contributed by atoms with Crippen LogP contribution in [0.25, 0.3) is 0 Å². The van der Waals surface area contributed by atoms with Gasteiger partial charge in [0.15, 0.2) is 5.69 Å². The van der Waals surface area contributed by atoms with Crippen molar-refractivity contribution >= 4 is 23.4 Å². The van der Waals surface area contributed by atoms with E-state index in [1.165, 1.54) is 0 Å². The standard InChI is InChI=1S/C27H31N5O4/c1-3-30(17-14-25(33)28-21-10-12-22(36-2)13-11-21)26(34)23-18-24-27(35)31(15-7-16-32(24)29-23)19-20-8-5-4-6-9-20/h4-6,8-13,18H,3,7,14-17,19H2,1-2H3,(H,28,33). The van der Waals surface area contributed by atoms with Gasteiger partial charge in [-0.15, -0.1) is 0 Å². The molecule has 0 aliphatic carbocycles. The number of aryl methyl sites for hydroxylation is 1. The highest BCUT2D eigenvalue weighted by molar-refractivity contribution is 5.98. The number of anilines is 1. The molecule has 1 N–H and O–H groups in total. The van der Waals surface area contributed by atoms with Crippen molar-refractivity contribution in [1.29, 1.82) is 0 Å². The molecule has 36 heavy (non-hydrogen) atoms. The molecule has 188 valence electrons. The molecule has 1 aliphatic rings. The molecule has 4 rings (SSSR count). The number of ether oxygens (including phenoxy) is 1. The van der Waals surface area contributed by atoms with Gasteiger partial charge in [-0.25, -0.2) is 0 Å². The lowest BCUT2D eigenvalue weighted by Crippen LogP contribution is -2.34. The van der Waals surface area contributed by atoms with Gasteiger partial charge < -0.3 is 19.9 Å². The minimum Gasteiger partial charge on any atom is -0.497 e. The number of fused-ring (bicyclic) bond motifs is 1. The summed E-state index contributed by atoms with van der Waals surface area (Å²) in [7, 11) is 1.58. The molecule has 2 heterocycles. The van der Waals surface area contributed by atoms with Crippen molar-refractivity contribution in [2.24, 2.45) is 0 Å². The fourth-order valence-corrected chi connectivity index (χ4v) is 4.19. The minimum absolute atomic E-state index is 0.134. The van der Waals surface area contributed by atoms with E-state index in [4.69, 9.17) is 4.74 Å². The largest absolute Gasteiger partial charge is 0.497 e. The van der Waals surface area contributed by atoms with E-state index >= 15 is 0 Å². The van der Waals surface area contributed by atoms with Crippen LogP contribution in [0.15, 0.2) is 60.7 Å². The summed E-state index contributed by atoms with van der Waals surface area (Å²) in [4.78, 5) is 42.2. The SMILES string of the molecule is CCN(CCC(=O)Nc1ccc(OC)cc1)C(=O)c1cc2n(n1)CCCN(Cc1ccccc1)C2=O. The third-order valence-electron chi connectivity index (χ3n) is 6.17. The molecule has 0 spiro atoms. The molecule has 0 fully saturated rings. The average molecular weight is 490 g/mol. The first-order valence-electron chi connectivity index (χ1n) is 12.1. The lowest BCUT2D eigenvalue weighted by molar-refractivity contribution is -0.116. The minimum atomic E-state index is -0.294. The summed E-state index contributed by atoms with van der Waals surface area (Å²) in [6.45, 7) is 4.23. The predicted molar refractivity (Wildman–Crippen MR) is 136 cm³/mol. The molecule has 9 nitrogen and oxygen atoms in total. The van der Waals surface area contributed by atoms with E-state index in [0.29, 0.717) is 43.3 Å². The molecule has 1 aromatic heterocycles.